The lowest BCUT2D eigenvalue weighted by molar-refractivity contribution is -0.121. The third-order valence-electron chi connectivity index (χ3n) is 4.35. The summed E-state index contributed by atoms with van der Waals surface area (Å²) in [7, 11) is 0. The lowest BCUT2D eigenvalue weighted by atomic mass is 9.97. The Kier molecular flexibility index (Phi) is 6.35. The van der Waals surface area contributed by atoms with Gasteiger partial charge in [-0.3, -0.25) is 9.69 Å². The molecule has 8 nitrogen and oxygen atoms in total. The Morgan fingerprint density at radius 2 is 2.39 bits per heavy atom. The fourth-order valence-electron chi connectivity index (χ4n) is 3.08. The van der Waals surface area contributed by atoms with Gasteiger partial charge >= 0.3 is 0 Å². The van der Waals surface area contributed by atoms with Crippen LogP contribution in [0.2, 0.25) is 0 Å². The third kappa shape index (κ3) is 4.77. The molecule has 0 saturated carbocycles. The van der Waals surface area contributed by atoms with Gasteiger partial charge in [0.25, 0.3) is 0 Å². The van der Waals surface area contributed by atoms with Crippen LogP contribution < -0.4 is 5.32 Å². The second-order valence-electron chi connectivity index (χ2n) is 6.36. The Balaban J connectivity index is 1.33. The lowest BCUT2D eigenvalue weighted by Crippen LogP contribution is -2.40. The van der Waals surface area contributed by atoms with Gasteiger partial charge in [0.15, 0.2) is 4.34 Å². The molecule has 0 radical (unpaired) electrons. The van der Waals surface area contributed by atoms with Gasteiger partial charge in [-0.1, -0.05) is 41.2 Å². The highest BCUT2D eigenvalue weighted by molar-refractivity contribution is 8.01. The number of piperidine rings is 1. The summed E-state index contributed by atoms with van der Waals surface area (Å²) in [6.07, 6.45) is 1.82. The smallest absolute Gasteiger partial charge is 0.241 e. The summed E-state index contributed by atoms with van der Waals surface area (Å²) >= 11 is 4.62. The molecule has 1 N–H and O–H groups in total. The van der Waals surface area contributed by atoms with Gasteiger partial charge in [0, 0.05) is 6.54 Å². The van der Waals surface area contributed by atoms with Crippen LogP contribution in [0.25, 0.3) is 10.7 Å². The molecule has 28 heavy (non-hydrogen) atoms. The molecule has 4 heterocycles. The summed E-state index contributed by atoms with van der Waals surface area (Å²) in [6, 6.07) is 3.93. The lowest BCUT2D eigenvalue weighted by Gasteiger charge is -2.30. The first-order valence-electron chi connectivity index (χ1n) is 9.07. The van der Waals surface area contributed by atoms with Crippen molar-refractivity contribution in [2.24, 2.45) is 5.92 Å². The monoisotopic (exact) mass is 436 g/mol. The van der Waals surface area contributed by atoms with Gasteiger partial charge in [-0.05, 0) is 36.6 Å². The number of thioether (sulfide) groups is 1. The second-order valence-corrected chi connectivity index (χ2v) is 9.80. The number of nitrogens with one attached hydrogen (secondary N) is 1. The molecule has 0 unspecified atom stereocenters. The van der Waals surface area contributed by atoms with Crippen LogP contribution in [0.15, 0.2) is 26.4 Å². The van der Waals surface area contributed by atoms with Crippen LogP contribution in [-0.4, -0.2) is 50.0 Å². The molecule has 0 aliphatic carbocycles. The highest BCUT2D eigenvalue weighted by Gasteiger charge is 2.27. The SMILES string of the molecule is CCSc1nnc(NC(=O)[C@H]2CCCN(Cc3nc(-c4cccs4)no3)C2)s1. The average Bonchev–Trinajstić information content (AvgIpc) is 3.44. The minimum Gasteiger partial charge on any atom is -0.338 e. The molecule has 1 aliphatic heterocycles. The summed E-state index contributed by atoms with van der Waals surface area (Å²) < 4.78 is 6.27. The first-order valence-corrected chi connectivity index (χ1v) is 11.8. The van der Waals surface area contributed by atoms with Crippen molar-refractivity contribution >= 4 is 45.5 Å². The maximum Gasteiger partial charge on any atom is 0.241 e. The molecule has 1 amide bonds. The molecule has 1 atom stereocenters. The van der Waals surface area contributed by atoms with Crippen molar-refractivity contribution in [1.82, 2.24) is 25.2 Å². The molecular weight excluding hydrogens is 416 g/mol. The van der Waals surface area contributed by atoms with Gasteiger partial charge in [0.1, 0.15) is 0 Å². The maximum absolute atomic E-state index is 12.6. The Morgan fingerprint density at radius 1 is 1.46 bits per heavy atom. The van der Waals surface area contributed by atoms with Crippen LogP contribution in [0, 0.1) is 5.92 Å². The normalized spacial score (nSPS) is 17.7. The van der Waals surface area contributed by atoms with Crippen molar-refractivity contribution in [1.29, 1.82) is 0 Å². The van der Waals surface area contributed by atoms with E-state index in [9.17, 15) is 4.79 Å². The zero-order valence-electron chi connectivity index (χ0n) is 15.3. The summed E-state index contributed by atoms with van der Waals surface area (Å²) in [5.74, 6) is 2.05. The van der Waals surface area contributed by atoms with E-state index in [1.807, 2.05) is 17.5 Å². The zero-order valence-corrected chi connectivity index (χ0v) is 17.8. The van der Waals surface area contributed by atoms with Gasteiger partial charge in [0.05, 0.1) is 17.3 Å². The van der Waals surface area contributed by atoms with E-state index in [0.717, 1.165) is 34.4 Å². The van der Waals surface area contributed by atoms with Gasteiger partial charge in [-0.15, -0.1) is 21.5 Å². The van der Waals surface area contributed by atoms with E-state index < -0.39 is 0 Å². The number of amides is 1. The van der Waals surface area contributed by atoms with E-state index in [2.05, 4.69) is 37.5 Å². The Hall–Kier alpha value is -1.82. The number of aromatic nitrogens is 4. The molecule has 0 spiro atoms. The molecule has 1 saturated heterocycles. The van der Waals surface area contributed by atoms with E-state index >= 15 is 0 Å². The van der Waals surface area contributed by atoms with Gasteiger partial charge < -0.3 is 9.84 Å². The Bertz CT molecular complexity index is 910. The maximum atomic E-state index is 12.6. The van der Waals surface area contributed by atoms with Crippen molar-refractivity contribution in [3.63, 3.8) is 0 Å². The molecule has 11 heteroatoms. The molecule has 4 rings (SSSR count). The van der Waals surface area contributed by atoms with Crippen LogP contribution in [0.1, 0.15) is 25.7 Å². The van der Waals surface area contributed by atoms with E-state index in [4.69, 9.17) is 4.52 Å². The van der Waals surface area contributed by atoms with Crippen molar-refractivity contribution in [2.45, 2.75) is 30.6 Å². The standard InChI is InChI=1S/C17H20N6O2S3/c1-2-26-17-21-20-16(28-17)19-15(24)11-5-3-7-23(9-11)10-13-18-14(22-25-13)12-6-4-8-27-12/h4,6,8,11H,2-3,5,7,9-10H2,1H3,(H,19,20,24)/t11-/m0/s1. The number of nitrogens with zero attached hydrogens (tertiary/aromatic N) is 5. The summed E-state index contributed by atoms with van der Waals surface area (Å²) in [6.45, 7) is 4.19. The number of likely N-dealkylation sites (tertiary alicyclic amines) is 1. The van der Waals surface area contributed by atoms with Gasteiger partial charge in [-0.25, -0.2) is 0 Å². The predicted octanol–water partition coefficient (Wildman–Crippen LogP) is 3.61. The number of hydrogen-bond donors (Lipinski definition) is 1. The molecular formula is C17H20N6O2S3. The zero-order chi connectivity index (χ0) is 19.3. The Morgan fingerprint density at radius 3 is 3.21 bits per heavy atom. The molecule has 3 aromatic heterocycles. The van der Waals surface area contributed by atoms with Gasteiger partial charge in [0.2, 0.25) is 22.8 Å². The quantitative estimate of drug-likeness (QED) is 0.443. The average molecular weight is 437 g/mol. The van der Waals surface area contributed by atoms with E-state index in [0.29, 0.717) is 29.9 Å². The van der Waals surface area contributed by atoms with Crippen LogP contribution in [0.3, 0.4) is 0 Å². The molecule has 1 fully saturated rings. The summed E-state index contributed by atoms with van der Waals surface area (Å²) in [5.41, 5.74) is 0. The number of carbonyl (C=O) groups excluding carboxylic acids is 1. The minimum absolute atomic E-state index is 0.00120. The molecule has 148 valence electrons. The first-order chi connectivity index (χ1) is 13.7. The van der Waals surface area contributed by atoms with Crippen LogP contribution >= 0.6 is 34.4 Å². The highest BCUT2D eigenvalue weighted by atomic mass is 32.2. The van der Waals surface area contributed by atoms with E-state index in [1.54, 1.807) is 23.1 Å². The molecule has 0 bridgehead atoms. The number of carbonyl (C=O) groups is 1. The molecule has 0 aromatic carbocycles. The van der Waals surface area contributed by atoms with Crippen molar-refractivity contribution < 1.29 is 9.32 Å². The summed E-state index contributed by atoms with van der Waals surface area (Å²) in [4.78, 5) is 20.3. The third-order valence-corrected chi connectivity index (χ3v) is 7.07. The van der Waals surface area contributed by atoms with Crippen LogP contribution in [0.5, 0.6) is 0 Å². The fourth-order valence-corrected chi connectivity index (χ4v) is 5.38. The van der Waals surface area contributed by atoms with Gasteiger partial charge in [-0.2, -0.15) is 4.98 Å². The highest BCUT2D eigenvalue weighted by Crippen LogP contribution is 2.27. The predicted molar refractivity (Wildman–Crippen MR) is 111 cm³/mol. The molecule has 1 aliphatic rings. The largest absolute Gasteiger partial charge is 0.338 e. The van der Waals surface area contributed by atoms with Crippen molar-refractivity contribution in [2.75, 3.05) is 24.2 Å². The van der Waals surface area contributed by atoms with Crippen LogP contribution in [0.4, 0.5) is 5.13 Å². The second kappa shape index (κ2) is 9.12. The molecule has 3 aromatic rings. The number of rotatable bonds is 7. The van der Waals surface area contributed by atoms with E-state index in [-0.39, 0.29) is 11.8 Å². The van der Waals surface area contributed by atoms with Crippen molar-refractivity contribution in [3.05, 3.63) is 23.4 Å². The minimum atomic E-state index is -0.0837. The topological polar surface area (TPSA) is 97.0 Å². The van der Waals surface area contributed by atoms with Crippen LogP contribution in [-0.2, 0) is 11.3 Å². The first kappa shape index (κ1) is 19.5. The van der Waals surface area contributed by atoms with Crippen molar-refractivity contribution in [3.8, 4) is 10.7 Å². The van der Waals surface area contributed by atoms with E-state index in [1.165, 1.54) is 11.3 Å². The number of anilines is 1. The number of thiophene rings is 1. The number of hydrogen-bond acceptors (Lipinski definition) is 10. The summed E-state index contributed by atoms with van der Waals surface area (Å²) in [5, 5.41) is 17.7. The fraction of sp³-hybridized carbons (Fsp3) is 0.471. The Labute approximate surface area is 174 Å².